The summed E-state index contributed by atoms with van der Waals surface area (Å²) in [6.07, 6.45) is 3.16. The standard InChI is InChI=1S/C20H25N3O3/c1-14-2-3-18-17(10-14)15(12-21-18)4-5-23-13-16(11-19(23)24)20(25)22-6-8-26-9-7-22/h2-3,10,12,16,21H,4-9,11,13H2,1H3/t16-/m0/s1. The Bertz CT molecular complexity index is 823. The smallest absolute Gasteiger partial charge is 0.228 e. The molecule has 26 heavy (non-hydrogen) atoms. The molecule has 0 saturated carbocycles. The van der Waals surface area contributed by atoms with Gasteiger partial charge in [-0.2, -0.15) is 0 Å². The van der Waals surface area contributed by atoms with E-state index in [2.05, 4.69) is 30.1 Å². The lowest BCUT2D eigenvalue weighted by molar-refractivity contribution is -0.139. The number of benzene rings is 1. The highest BCUT2D eigenvalue weighted by atomic mass is 16.5. The molecular weight excluding hydrogens is 330 g/mol. The van der Waals surface area contributed by atoms with Gasteiger partial charge in [0, 0.05) is 49.7 Å². The van der Waals surface area contributed by atoms with Gasteiger partial charge in [-0.25, -0.2) is 0 Å². The number of aromatic amines is 1. The van der Waals surface area contributed by atoms with E-state index >= 15 is 0 Å². The summed E-state index contributed by atoms with van der Waals surface area (Å²) >= 11 is 0. The van der Waals surface area contributed by atoms with Crippen molar-refractivity contribution in [3.63, 3.8) is 0 Å². The highest BCUT2D eigenvalue weighted by Gasteiger charge is 2.36. The van der Waals surface area contributed by atoms with Crippen molar-refractivity contribution in [3.05, 3.63) is 35.5 Å². The van der Waals surface area contributed by atoms with E-state index in [0.717, 1.165) is 11.9 Å². The van der Waals surface area contributed by atoms with E-state index in [1.807, 2.05) is 16.0 Å². The van der Waals surface area contributed by atoms with E-state index in [1.54, 1.807) is 0 Å². The topological polar surface area (TPSA) is 65.6 Å². The number of nitrogens with one attached hydrogen (secondary N) is 1. The predicted molar refractivity (Wildman–Crippen MR) is 98.8 cm³/mol. The minimum absolute atomic E-state index is 0.0904. The second-order valence-corrected chi connectivity index (χ2v) is 7.29. The molecule has 1 aromatic heterocycles. The third kappa shape index (κ3) is 3.33. The number of amides is 2. The largest absolute Gasteiger partial charge is 0.378 e. The molecule has 6 nitrogen and oxygen atoms in total. The Balaban J connectivity index is 1.38. The molecule has 4 rings (SSSR count). The van der Waals surface area contributed by atoms with E-state index < -0.39 is 0 Å². The van der Waals surface area contributed by atoms with Crippen molar-refractivity contribution in [3.8, 4) is 0 Å². The Labute approximate surface area is 153 Å². The lowest BCUT2D eigenvalue weighted by Gasteiger charge is -2.29. The van der Waals surface area contributed by atoms with Gasteiger partial charge < -0.3 is 19.5 Å². The molecule has 2 aliphatic heterocycles. The molecule has 0 aliphatic carbocycles. The maximum Gasteiger partial charge on any atom is 0.228 e. The SMILES string of the molecule is Cc1ccc2[nH]cc(CCN3C[C@@H](C(=O)N4CCOCC4)CC3=O)c2c1. The molecular formula is C20H25N3O3. The Morgan fingerprint density at radius 2 is 2.12 bits per heavy atom. The van der Waals surface area contributed by atoms with Gasteiger partial charge in [0.1, 0.15) is 0 Å². The fourth-order valence-electron chi connectivity index (χ4n) is 3.95. The average Bonchev–Trinajstić information content (AvgIpc) is 3.23. The van der Waals surface area contributed by atoms with Crippen molar-refractivity contribution < 1.29 is 14.3 Å². The van der Waals surface area contributed by atoms with Gasteiger partial charge in [-0.1, -0.05) is 11.6 Å². The molecule has 2 aliphatic rings. The molecule has 2 fully saturated rings. The number of carbonyl (C=O) groups is 2. The van der Waals surface area contributed by atoms with Crippen molar-refractivity contribution in [2.75, 3.05) is 39.4 Å². The van der Waals surface area contributed by atoms with Crippen molar-refractivity contribution in [1.82, 2.24) is 14.8 Å². The van der Waals surface area contributed by atoms with E-state index in [-0.39, 0.29) is 17.7 Å². The number of fused-ring (bicyclic) bond motifs is 1. The number of hydrogen-bond donors (Lipinski definition) is 1. The molecule has 0 bridgehead atoms. The maximum absolute atomic E-state index is 12.6. The minimum Gasteiger partial charge on any atom is -0.378 e. The van der Waals surface area contributed by atoms with Gasteiger partial charge in [0.2, 0.25) is 11.8 Å². The van der Waals surface area contributed by atoms with E-state index in [0.29, 0.717) is 45.8 Å². The Morgan fingerprint density at radius 1 is 1.31 bits per heavy atom. The number of likely N-dealkylation sites (tertiary alicyclic amines) is 1. The minimum atomic E-state index is -0.203. The Hall–Kier alpha value is -2.34. The van der Waals surface area contributed by atoms with Crippen LogP contribution >= 0.6 is 0 Å². The summed E-state index contributed by atoms with van der Waals surface area (Å²) in [4.78, 5) is 32.0. The molecule has 1 atom stereocenters. The predicted octanol–water partition coefficient (Wildman–Crippen LogP) is 1.73. The first-order valence-electron chi connectivity index (χ1n) is 9.33. The molecule has 138 valence electrons. The van der Waals surface area contributed by atoms with Crippen molar-refractivity contribution in [2.24, 2.45) is 5.92 Å². The van der Waals surface area contributed by atoms with Crippen molar-refractivity contribution in [2.45, 2.75) is 19.8 Å². The van der Waals surface area contributed by atoms with Gasteiger partial charge in [-0.3, -0.25) is 9.59 Å². The average molecular weight is 355 g/mol. The van der Waals surface area contributed by atoms with Crippen LogP contribution in [0.15, 0.2) is 24.4 Å². The quantitative estimate of drug-likeness (QED) is 0.908. The molecule has 2 saturated heterocycles. The van der Waals surface area contributed by atoms with Crippen LogP contribution in [-0.2, 0) is 20.7 Å². The Morgan fingerprint density at radius 3 is 2.92 bits per heavy atom. The highest BCUT2D eigenvalue weighted by molar-refractivity contribution is 5.89. The summed E-state index contributed by atoms with van der Waals surface area (Å²) < 4.78 is 5.30. The number of aryl methyl sites for hydroxylation is 1. The van der Waals surface area contributed by atoms with Crippen LogP contribution in [0.3, 0.4) is 0 Å². The lowest BCUT2D eigenvalue weighted by atomic mass is 10.1. The molecule has 3 heterocycles. The summed E-state index contributed by atoms with van der Waals surface area (Å²) in [7, 11) is 0. The zero-order valence-electron chi connectivity index (χ0n) is 15.2. The van der Waals surface area contributed by atoms with Gasteiger partial charge in [0.15, 0.2) is 0 Å². The molecule has 0 spiro atoms. The number of H-pyrrole nitrogens is 1. The number of hydrogen-bond acceptors (Lipinski definition) is 3. The van der Waals surface area contributed by atoms with Crippen LogP contribution in [-0.4, -0.2) is 66.0 Å². The molecule has 6 heteroatoms. The lowest BCUT2D eigenvalue weighted by Crippen LogP contribution is -2.44. The van der Waals surface area contributed by atoms with Crippen LogP contribution in [0.25, 0.3) is 10.9 Å². The van der Waals surface area contributed by atoms with E-state index in [1.165, 1.54) is 16.5 Å². The van der Waals surface area contributed by atoms with Crippen molar-refractivity contribution >= 4 is 22.7 Å². The summed E-state index contributed by atoms with van der Waals surface area (Å²) in [6.45, 7) is 5.74. The van der Waals surface area contributed by atoms with Crippen LogP contribution in [0.2, 0.25) is 0 Å². The summed E-state index contributed by atoms with van der Waals surface area (Å²) in [6, 6.07) is 6.36. The molecule has 1 aromatic carbocycles. The van der Waals surface area contributed by atoms with Crippen LogP contribution < -0.4 is 0 Å². The number of nitrogens with zero attached hydrogens (tertiary/aromatic N) is 2. The third-order valence-corrected chi connectivity index (χ3v) is 5.46. The first kappa shape index (κ1) is 17.1. The monoisotopic (exact) mass is 355 g/mol. The van der Waals surface area contributed by atoms with Crippen LogP contribution in [0, 0.1) is 12.8 Å². The van der Waals surface area contributed by atoms with Crippen LogP contribution in [0.5, 0.6) is 0 Å². The summed E-state index contributed by atoms with van der Waals surface area (Å²) in [5, 5.41) is 1.22. The number of morpholine rings is 1. The fourth-order valence-corrected chi connectivity index (χ4v) is 3.95. The fraction of sp³-hybridized carbons (Fsp3) is 0.500. The molecule has 2 amide bonds. The van der Waals surface area contributed by atoms with E-state index in [9.17, 15) is 9.59 Å². The molecule has 1 N–H and O–H groups in total. The van der Waals surface area contributed by atoms with Crippen LogP contribution in [0.1, 0.15) is 17.5 Å². The Kier molecular flexibility index (Phi) is 4.68. The third-order valence-electron chi connectivity index (χ3n) is 5.46. The molecule has 0 radical (unpaired) electrons. The van der Waals surface area contributed by atoms with Gasteiger partial charge >= 0.3 is 0 Å². The summed E-state index contributed by atoms with van der Waals surface area (Å²) in [5.74, 6) is -0.00897. The maximum atomic E-state index is 12.6. The van der Waals surface area contributed by atoms with Gasteiger partial charge in [0.25, 0.3) is 0 Å². The number of carbonyl (C=O) groups excluding carboxylic acids is 2. The first-order chi connectivity index (χ1) is 12.6. The number of rotatable bonds is 4. The number of ether oxygens (including phenoxy) is 1. The molecule has 2 aromatic rings. The van der Waals surface area contributed by atoms with E-state index in [4.69, 9.17) is 4.74 Å². The van der Waals surface area contributed by atoms with Gasteiger partial charge in [-0.05, 0) is 31.0 Å². The molecule has 0 unspecified atom stereocenters. The van der Waals surface area contributed by atoms with Gasteiger partial charge in [0.05, 0.1) is 19.1 Å². The highest BCUT2D eigenvalue weighted by Crippen LogP contribution is 2.24. The second kappa shape index (κ2) is 7.11. The van der Waals surface area contributed by atoms with Crippen molar-refractivity contribution in [1.29, 1.82) is 0 Å². The summed E-state index contributed by atoms with van der Waals surface area (Å²) in [5.41, 5.74) is 3.57. The zero-order valence-corrected chi connectivity index (χ0v) is 15.2. The zero-order chi connectivity index (χ0) is 18.1. The van der Waals surface area contributed by atoms with Crippen LogP contribution in [0.4, 0.5) is 0 Å². The normalized spacial score (nSPS) is 21.0. The van der Waals surface area contributed by atoms with Gasteiger partial charge in [-0.15, -0.1) is 0 Å². The first-order valence-corrected chi connectivity index (χ1v) is 9.33. The number of aromatic nitrogens is 1. The second-order valence-electron chi connectivity index (χ2n) is 7.29.